The summed E-state index contributed by atoms with van der Waals surface area (Å²) in [5.41, 5.74) is -0.216. The molecule has 0 heterocycles. The zero-order chi connectivity index (χ0) is 10.0. The molecule has 70 valence electrons. The fourth-order valence-corrected chi connectivity index (χ4v) is 1.20. The summed E-state index contributed by atoms with van der Waals surface area (Å²) in [6.45, 7) is 3.41. The first-order valence-corrected chi connectivity index (χ1v) is 4.57. The predicted octanol–water partition coefficient (Wildman–Crippen LogP) is 3.51. The van der Waals surface area contributed by atoms with Crippen molar-refractivity contribution in [3.8, 4) is 0 Å². The fraction of sp³-hybridized carbons (Fsp3) is 0.111. The molecule has 0 fully saturated rings. The zero-order valence-corrected chi connectivity index (χ0v) is 8.17. The van der Waals surface area contributed by atoms with E-state index in [9.17, 15) is 13.2 Å². The number of halogens is 4. The quantitative estimate of drug-likeness (QED) is 0.557. The highest BCUT2D eigenvalue weighted by Gasteiger charge is 2.15. The van der Waals surface area contributed by atoms with Gasteiger partial charge >= 0.3 is 0 Å². The average molecular weight is 251 g/mol. The molecule has 0 aliphatic heterocycles. The van der Waals surface area contributed by atoms with Crippen LogP contribution < -0.4 is 0 Å². The lowest BCUT2D eigenvalue weighted by Gasteiger charge is -2.05. The minimum atomic E-state index is -1.19. The van der Waals surface area contributed by atoms with Gasteiger partial charge < -0.3 is 0 Å². The molecule has 0 spiro atoms. The molecule has 0 nitrogen and oxygen atoms in total. The minimum Gasteiger partial charge on any atom is -0.206 e. The standard InChI is InChI=1S/C9H6BrF3/c1-5(4-10)8-6(11)2-3-7(12)9(8)13/h2-3H,1,4H2. The maximum absolute atomic E-state index is 13.0. The van der Waals surface area contributed by atoms with Crippen LogP contribution in [0, 0.1) is 17.5 Å². The van der Waals surface area contributed by atoms with Crippen molar-refractivity contribution in [3.63, 3.8) is 0 Å². The van der Waals surface area contributed by atoms with E-state index in [1.807, 2.05) is 0 Å². The van der Waals surface area contributed by atoms with Gasteiger partial charge in [0.05, 0.1) is 5.56 Å². The summed E-state index contributed by atoms with van der Waals surface area (Å²) in [4.78, 5) is 0. The Bertz CT molecular complexity index is 347. The third kappa shape index (κ3) is 1.94. The van der Waals surface area contributed by atoms with Gasteiger partial charge in [-0.25, -0.2) is 13.2 Å². The van der Waals surface area contributed by atoms with Crippen LogP contribution in [0.4, 0.5) is 13.2 Å². The Balaban J connectivity index is 3.33. The van der Waals surface area contributed by atoms with Crippen LogP contribution in [0.5, 0.6) is 0 Å². The highest BCUT2D eigenvalue weighted by Crippen LogP contribution is 2.23. The summed E-state index contributed by atoms with van der Waals surface area (Å²) in [6, 6.07) is 1.62. The summed E-state index contributed by atoms with van der Waals surface area (Å²) >= 11 is 2.99. The van der Waals surface area contributed by atoms with Crippen LogP contribution in [0.2, 0.25) is 0 Å². The van der Waals surface area contributed by atoms with E-state index in [1.54, 1.807) is 0 Å². The van der Waals surface area contributed by atoms with E-state index in [0.29, 0.717) is 0 Å². The summed E-state index contributed by atoms with van der Waals surface area (Å²) in [5.74, 6) is -3.06. The van der Waals surface area contributed by atoms with E-state index < -0.39 is 23.0 Å². The third-order valence-corrected chi connectivity index (χ3v) is 2.24. The number of benzene rings is 1. The van der Waals surface area contributed by atoms with Crippen molar-refractivity contribution in [3.05, 3.63) is 41.7 Å². The molecule has 4 heteroatoms. The Kier molecular flexibility index (Phi) is 3.14. The zero-order valence-electron chi connectivity index (χ0n) is 6.58. The summed E-state index contributed by atoms with van der Waals surface area (Å²) in [6.07, 6.45) is 0. The predicted molar refractivity (Wildman–Crippen MR) is 49.1 cm³/mol. The fourth-order valence-electron chi connectivity index (χ4n) is 0.918. The SMILES string of the molecule is C=C(CBr)c1c(F)ccc(F)c1F. The van der Waals surface area contributed by atoms with Crippen LogP contribution in [0.3, 0.4) is 0 Å². The van der Waals surface area contributed by atoms with Crippen molar-refractivity contribution < 1.29 is 13.2 Å². The van der Waals surface area contributed by atoms with Crippen molar-refractivity contribution in [2.24, 2.45) is 0 Å². The van der Waals surface area contributed by atoms with Crippen molar-refractivity contribution in [1.82, 2.24) is 0 Å². The van der Waals surface area contributed by atoms with Gasteiger partial charge in [-0.2, -0.15) is 0 Å². The molecular weight excluding hydrogens is 245 g/mol. The molecule has 0 atom stereocenters. The molecule has 0 unspecified atom stereocenters. The van der Waals surface area contributed by atoms with Gasteiger partial charge in [0.2, 0.25) is 0 Å². The Morgan fingerprint density at radius 1 is 1.23 bits per heavy atom. The lowest BCUT2D eigenvalue weighted by Crippen LogP contribution is -1.98. The largest absolute Gasteiger partial charge is 0.206 e. The molecule has 0 aliphatic rings. The van der Waals surface area contributed by atoms with E-state index >= 15 is 0 Å². The summed E-state index contributed by atoms with van der Waals surface area (Å²) in [7, 11) is 0. The summed E-state index contributed by atoms with van der Waals surface area (Å²) in [5, 5.41) is 0.199. The molecule has 1 aromatic carbocycles. The molecule has 0 amide bonds. The lowest BCUT2D eigenvalue weighted by molar-refractivity contribution is 0.491. The Hall–Kier alpha value is -0.770. The van der Waals surface area contributed by atoms with E-state index in [1.165, 1.54) is 0 Å². The van der Waals surface area contributed by atoms with E-state index in [4.69, 9.17) is 0 Å². The van der Waals surface area contributed by atoms with E-state index in [0.717, 1.165) is 12.1 Å². The van der Waals surface area contributed by atoms with Crippen molar-refractivity contribution in [2.45, 2.75) is 0 Å². The number of hydrogen-bond donors (Lipinski definition) is 0. The van der Waals surface area contributed by atoms with Gasteiger partial charge in [-0.15, -0.1) is 0 Å². The second-order valence-corrected chi connectivity index (χ2v) is 3.02. The Morgan fingerprint density at radius 2 is 1.77 bits per heavy atom. The maximum atomic E-state index is 13.0. The van der Waals surface area contributed by atoms with Gasteiger partial charge in [0, 0.05) is 5.33 Å². The second kappa shape index (κ2) is 3.96. The molecule has 0 aromatic heterocycles. The first kappa shape index (κ1) is 10.3. The molecule has 0 saturated heterocycles. The molecule has 0 aliphatic carbocycles. The van der Waals surface area contributed by atoms with Gasteiger partial charge in [0.1, 0.15) is 5.82 Å². The highest BCUT2D eigenvalue weighted by molar-refractivity contribution is 9.09. The van der Waals surface area contributed by atoms with Gasteiger partial charge in [-0.1, -0.05) is 22.5 Å². The van der Waals surface area contributed by atoms with E-state index in [2.05, 4.69) is 22.5 Å². The van der Waals surface area contributed by atoms with Crippen molar-refractivity contribution in [1.29, 1.82) is 0 Å². The molecule has 0 saturated carbocycles. The van der Waals surface area contributed by atoms with Crippen LogP contribution in [0.15, 0.2) is 18.7 Å². The van der Waals surface area contributed by atoms with Crippen LogP contribution >= 0.6 is 15.9 Å². The molecule has 0 radical (unpaired) electrons. The highest BCUT2D eigenvalue weighted by atomic mass is 79.9. The lowest BCUT2D eigenvalue weighted by atomic mass is 10.1. The molecule has 1 rings (SSSR count). The number of allylic oxidation sites excluding steroid dienone is 1. The Labute approximate surface area is 82.2 Å². The molecule has 13 heavy (non-hydrogen) atoms. The van der Waals surface area contributed by atoms with Crippen LogP contribution in [0.1, 0.15) is 5.56 Å². The first-order valence-electron chi connectivity index (χ1n) is 3.45. The molecular formula is C9H6BrF3. The molecule has 0 N–H and O–H groups in total. The molecule has 1 aromatic rings. The van der Waals surface area contributed by atoms with Gasteiger partial charge in [-0.3, -0.25) is 0 Å². The van der Waals surface area contributed by atoms with Crippen LogP contribution in [0.25, 0.3) is 5.57 Å². The average Bonchev–Trinajstić information content (AvgIpc) is 2.12. The normalized spacial score (nSPS) is 10.2. The first-order chi connectivity index (χ1) is 6.07. The molecule has 0 bridgehead atoms. The van der Waals surface area contributed by atoms with Crippen LogP contribution in [-0.4, -0.2) is 5.33 Å². The number of rotatable bonds is 2. The van der Waals surface area contributed by atoms with Crippen molar-refractivity contribution in [2.75, 3.05) is 5.33 Å². The van der Waals surface area contributed by atoms with Crippen molar-refractivity contribution >= 4 is 21.5 Å². The summed E-state index contributed by atoms with van der Waals surface area (Å²) < 4.78 is 38.6. The second-order valence-electron chi connectivity index (χ2n) is 2.46. The third-order valence-electron chi connectivity index (χ3n) is 1.56. The monoisotopic (exact) mass is 250 g/mol. The number of alkyl halides is 1. The van der Waals surface area contributed by atoms with Gasteiger partial charge in [-0.05, 0) is 17.7 Å². The van der Waals surface area contributed by atoms with E-state index in [-0.39, 0.29) is 10.9 Å². The smallest absolute Gasteiger partial charge is 0.169 e. The van der Waals surface area contributed by atoms with Gasteiger partial charge in [0.15, 0.2) is 11.6 Å². The maximum Gasteiger partial charge on any atom is 0.169 e. The number of hydrogen-bond acceptors (Lipinski definition) is 0. The minimum absolute atomic E-state index is 0.175. The Morgan fingerprint density at radius 3 is 2.31 bits per heavy atom. The van der Waals surface area contributed by atoms with Gasteiger partial charge in [0.25, 0.3) is 0 Å². The van der Waals surface area contributed by atoms with Crippen LogP contribution in [-0.2, 0) is 0 Å². The topological polar surface area (TPSA) is 0 Å².